The van der Waals surface area contributed by atoms with Gasteiger partial charge in [0.05, 0.1) is 11.5 Å². The molecule has 0 aromatic heterocycles. The third-order valence-electron chi connectivity index (χ3n) is 5.94. The molecule has 2 heterocycles. The van der Waals surface area contributed by atoms with Gasteiger partial charge in [-0.1, -0.05) is 36.4 Å². The van der Waals surface area contributed by atoms with Crippen molar-refractivity contribution in [3.63, 3.8) is 0 Å². The van der Waals surface area contributed by atoms with Gasteiger partial charge in [0.15, 0.2) is 9.84 Å². The molecule has 30 heavy (non-hydrogen) atoms. The zero-order chi connectivity index (χ0) is 21.0. The molecule has 2 fully saturated rings. The smallest absolute Gasteiger partial charge is 0.246 e. The van der Waals surface area contributed by atoms with E-state index in [4.69, 9.17) is 0 Å². The van der Waals surface area contributed by atoms with E-state index in [2.05, 4.69) is 16.3 Å². The summed E-state index contributed by atoms with van der Waals surface area (Å²) in [7, 11) is -3.01. The highest BCUT2D eigenvalue weighted by Crippen LogP contribution is 2.27. The van der Waals surface area contributed by atoms with Crippen molar-refractivity contribution in [2.24, 2.45) is 0 Å². The molecular formula is C23H29N3O3S. The lowest BCUT2D eigenvalue weighted by Gasteiger charge is -2.34. The van der Waals surface area contributed by atoms with Crippen molar-refractivity contribution < 1.29 is 13.2 Å². The van der Waals surface area contributed by atoms with Gasteiger partial charge in [-0.2, -0.15) is 0 Å². The zero-order valence-corrected chi connectivity index (χ0v) is 18.0. The molecule has 0 radical (unpaired) electrons. The summed E-state index contributed by atoms with van der Waals surface area (Å²) in [6.45, 7) is 2.82. The standard InChI is InChI=1S/C23H29N3O3S/c27-23(24-20-10-7-11-21(18-20)25-12-5-2-6-13-25)22(19-8-3-1-4-9-19)26-14-16-30(28,29)17-15-26/h1,3-4,7-11,18,22H,2,5-6,12-17H2,(H,24,27). The normalized spacial score (nSPS) is 20.5. The number of carbonyl (C=O) groups excluding carboxylic acids is 1. The molecule has 0 bridgehead atoms. The van der Waals surface area contributed by atoms with Gasteiger partial charge in [0.25, 0.3) is 0 Å². The van der Waals surface area contributed by atoms with E-state index in [1.54, 1.807) is 0 Å². The molecule has 2 aromatic rings. The summed E-state index contributed by atoms with van der Waals surface area (Å²) in [6.07, 6.45) is 3.67. The first-order valence-electron chi connectivity index (χ1n) is 10.7. The van der Waals surface area contributed by atoms with E-state index in [1.807, 2.05) is 53.4 Å². The van der Waals surface area contributed by atoms with Gasteiger partial charge in [-0.3, -0.25) is 9.69 Å². The first kappa shape index (κ1) is 20.9. The molecule has 7 heteroatoms. The minimum atomic E-state index is -3.01. The number of hydrogen-bond acceptors (Lipinski definition) is 5. The lowest BCUT2D eigenvalue weighted by molar-refractivity contribution is -0.121. The van der Waals surface area contributed by atoms with Crippen LogP contribution in [0, 0.1) is 0 Å². The average molecular weight is 428 g/mol. The van der Waals surface area contributed by atoms with Gasteiger partial charge in [-0.15, -0.1) is 0 Å². The molecule has 2 aliphatic heterocycles. The first-order valence-corrected chi connectivity index (χ1v) is 12.5. The molecule has 2 saturated heterocycles. The Morgan fingerprint density at radius 3 is 2.27 bits per heavy atom. The average Bonchev–Trinajstić information content (AvgIpc) is 2.77. The Balaban J connectivity index is 1.53. The number of carbonyl (C=O) groups is 1. The molecule has 1 atom stereocenters. The van der Waals surface area contributed by atoms with Crippen LogP contribution < -0.4 is 10.2 Å². The zero-order valence-electron chi connectivity index (χ0n) is 17.2. The van der Waals surface area contributed by atoms with Gasteiger partial charge < -0.3 is 10.2 Å². The number of anilines is 2. The topological polar surface area (TPSA) is 69.7 Å². The van der Waals surface area contributed by atoms with Crippen LogP contribution in [0.25, 0.3) is 0 Å². The fourth-order valence-corrected chi connectivity index (χ4v) is 5.52. The molecule has 0 spiro atoms. The van der Waals surface area contributed by atoms with Crippen molar-refractivity contribution in [3.05, 3.63) is 60.2 Å². The van der Waals surface area contributed by atoms with E-state index in [-0.39, 0.29) is 17.4 Å². The summed E-state index contributed by atoms with van der Waals surface area (Å²) in [6, 6.07) is 17.1. The van der Waals surface area contributed by atoms with E-state index < -0.39 is 15.9 Å². The number of piperidine rings is 1. The Morgan fingerprint density at radius 2 is 1.57 bits per heavy atom. The van der Waals surface area contributed by atoms with Crippen molar-refractivity contribution >= 4 is 27.1 Å². The Labute approximate surface area is 178 Å². The van der Waals surface area contributed by atoms with E-state index in [9.17, 15) is 13.2 Å². The number of nitrogens with zero attached hydrogens (tertiary/aromatic N) is 2. The quantitative estimate of drug-likeness (QED) is 0.794. The number of rotatable bonds is 5. The Hall–Kier alpha value is -2.38. The molecule has 1 amide bonds. The minimum absolute atomic E-state index is 0.0913. The van der Waals surface area contributed by atoms with Crippen LogP contribution >= 0.6 is 0 Å². The minimum Gasteiger partial charge on any atom is -0.371 e. The van der Waals surface area contributed by atoms with Gasteiger partial charge in [-0.05, 0) is 43.0 Å². The molecule has 0 saturated carbocycles. The van der Waals surface area contributed by atoms with Crippen LogP contribution in [0.15, 0.2) is 54.6 Å². The van der Waals surface area contributed by atoms with E-state index in [1.165, 1.54) is 19.3 Å². The summed E-state index contributed by atoms with van der Waals surface area (Å²) in [4.78, 5) is 17.7. The lowest BCUT2D eigenvalue weighted by atomic mass is 10.0. The highest BCUT2D eigenvalue weighted by atomic mass is 32.2. The third-order valence-corrected chi connectivity index (χ3v) is 7.55. The number of hydrogen-bond donors (Lipinski definition) is 1. The maximum Gasteiger partial charge on any atom is 0.246 e. The van der Waals surface area contributed by atoms with Crippen molar-refractivity contribution in [2.45, 2.75) is 25.3 Å². The van der Waals surface area contributed by atoms with Crippen LogP contribution in [0.4, 0.5) is 11.4 Å². The van der Waals surface area contributed by atoms with Crippen LogP contribution in [0.1, 0.15) is 30.9 Å². The molecule has 2 aliphatic rings. The lowest BCUT2D eigenvalue weighted by Crippen LogP contribution is -2.46. The predicted molar refractivity (Wildman–Crippen MR) is 121 cm³/mol. The van der Waals surface area contributed by atoms with Crippen LogP contribution in [0.5, 0.6) is 0 Å². The maximum atomic E-state index is 13.3. The monoisotopic (exact) mass is 427 g/mol. The molecule has 1 N–H and O–H groups in total. The summed E-state index contributed by atoms with van der Waals surface area (Å²) in [5, 5.41) is 3.08. The van der Waals surface area contributed by atoms with Crippen molar-refractivity contribution in [3.8, 4) is 0 Å². The predicted octanol–water partition coefficient (Wildman–Crippen LogP) is 3.09. The Morgan fingerprint density at radius 1 is 0.867 bits per heavy atom. The van der Waals surface area contributed by atoms with Crippen molar-refractivity contribution in [1.29, 1.82) is 0 Å². The second-order valence-corrected chi connectivity index (χ2v) is 10.4. The largest absolute Gasteiger partial charge is 0.371 e. The fraction of sp³-hybridized carbons (Fsp3) is 0.435. The maximum absolute atomic E-state index is 13.3. The molecule has 1 unspecified atom stereocenters. The fourth-order valence-electron chi connectivity index (χ4n) is 4.29. The Bertz CT molecular complexity index is 958. The molecular weight excluding hydrogens is 398 g/mol. The molecule has 160 valence electrons. The summed E-state index contributed by atoms with van der Waals surface area (Å²) >= 11 is 0. The van der Waals surface area contributed by atoms with Crippen LogP contribution in [0.2, 0.25) is 0 Å². The molecule has 0 aliphatic carbocycles. The van der Waals surface area contributed by atoms with Crippen molar-refractivity contribution in [1.82, 2.24) is 4.90 Å². The third kappa shape index (κ3) is 5.02. The molecule has 4 rings (SSSR count). The number of sulfone groups is 1. The van der Waals surface area contributed by atoms with Gasteiger partial charge in [0.1, 0.15) is 6.04 Å². The first-order chi connectivity index (χ1) is 14.5. The van der Waals surface area contributed by atoms with Gasteiger partial charge in [0.2, 0.25) is 5.91 Å². The van der Waals surface area contributed by atoms with Crippen LogP contribution in [-0.4, -0.2) is 56.9 Å². The summed E-state index contributed by atoms with van der Waals surface area (Å²) in [5.74, 6) is 0.0542. The van der Waals surface area contributed by atoms with Crippen LogP contribution in [0.3, 0.4) is 0 Å². The van der Waals surface area contributed by atoms with Gasteiger partial charge in [-0.25, -0.2) is 8.42 Å². The SMILES string of the molecule is O=C(Nc1cccc(N2CCCCC2)c1)C(c1ccccc1)N1CCS(=O)(=O)CC1. The van der Waals surface area contributed by atoms with Gasteiger partial charge >= 0.3 is 0 Å². The van der Waals surface area contributed by atoms with E-state index in [0.717, 1.165) is 30.0 Å². The summed E-state index contributed by atoms with van der Waals surface area (Å²) in [5.41, 5.74) is 2.78. The van der Waals surface area contributed by atoms with Crippen molar-refractivity contribution in [2.75, 3.05) is 47.9 Å². The van der Waals surface area contributed by atoms with E-state index >= 15 is 0 Å². The Kier molecular flexibility index (Phi) is 6.39. The van der Waals surface area contributed by atoms with E-state index in [0.29, 0.717) is 13.1 Å². The van der Waals surface area contributed by atoms with Gasteiger partial charge in [0, 0.05) is 37.6 Å². The number of amides is 1. The molecule has 2 aromatic carbocycles. The highest BCUT2D eigenvalue weighted by Gasteiger charge is 2.32. The molecule has 6 nitrogen and oxygen atoms in total. The second-order valence-electron chi connectivity index (χ2n) is 8.09. The highest BCUT2D eigenvalue weighted by molar-refractivity contribution is 7.91. The number of benzene rings is 2. The summed E-state index contributed by atoms with van der Waals surface area (Å²) < 4.78 is 23.7. The van der Waals surface area contributed by atoms with Crippen LogP contribution in [-0.2, 0) is 14.6 Å². The second kappa shape index (κ2) is 9.18. The number of nitrogens with one attached hydrogen (secondary N) is 1.